The molecule has 1 aliphatic heterocycles. The van der Waals surface area contributed by atoms with Crippen molar-refractivity contribution in [3.05, 3.63) is 47.8 Å². The Kier molecular flexibility index (Phi) is 5.96. The molecule has 3 rings (SSSR count). The Balaban J connectivity index is 1.81. The Morgan fingerprint density at radius 3 is 2.14 bits per heavy atom. The highest BCUT2D eigenvalue weighted by atomic mass is 19.1. The molecule has 3 atom stereocenters. The van der Waals surface area contributed by atoms with Crippen LogP contribution >= 0.6 is 0 Å². The first kappa shape index (κ1) is 20.2. The van der Waals surface area contributed by atoms with Crippen LogP contribution in [0.2, 0.25) is 0 Å². The van der Waals surface area contributed by atoms with Gasteiger partial charge in [0.2, 0.25) is 17.7 Å². The highest BCUT2D eigenvalue weighted by molar-refractivity contribution is 6.08. The number of carbonyl (C=O) groups is 3. The van der Waals surface area contributed by atoms with Crippen LogP contribution in [0.3, 0.4) is 0 Å². The van der Waals surface area contributed by atoms with Crippen LogP contribution in [-0.2, 0) is 20.9 Å². The number of halogens is 1. The Hall–Kier alpha value is -2.50. The number of allylic oxidation sites excluding steroid dienone is 2. The molecule has 1 aliphatic carbocycles. The summed E-state index contributed by atoms with van der Waals surface area (Å²) in [6, 6.07) is 5.16. The Morgan fingerprint density at radius 1 is 1.11 bits per heavy atom. The average Bonchev–Trinajstić information content (AvgIpc) is 2.92. The van der Waals surface area contributed by atoms with Crippen LogP contribution in [0.25, 0.3) is 0 Å². The molecule has 0 aromatic heterocycles. The number of hydrogen-bond donors (Lipinski definition) is 0. The van der Waals surface area contributed by atoms with E-state index >= 15 is 0 Å². The molecule has 0 saturated carbocycles. The SMILES string of the molecule is CC(C)CC(C(=O)N(C)Cc1ccc(F)cc1)N1C(=O)C2CC=CCC2C1=O. The maximum Gasteiger partial charge on any atom is 0.245 e. The van der Waals surface area contributed by atoms with Crippen molar-refractivity contribution in [1.82, 2.24) is 9.80 Å². The standard InChI is InChI=1S/C22H27FN2O3/c1-14(2)12-19(22(28)24(3)13-15-8-10-16(23)11-9-15)25-20(26)17-6-4-5-7-18(17)21(25)27/h4-5,8-11,14,17-19H,6-7,12-13H2,1-3H3. The fourth-order valence-electron chi connectivity index (χ4n) is 4.09. The van der Waals surface area contributed by atoms with E-state index in [1.807, 2.05) is 26.0 Å². The number of carbonyl (C=O) groups excluding carboxylic acids is 3. The fourth-order valence-corrected chi connectivity index (χ4v) is 4.09. The molecule has 6 heteroatoms. The molecule has 150 valence electrons. The van der Waals surface area contributed by atoms with Gasteiger partial charge in [-0.05, 0) is 42.9 Å². The molecule has 1 fully saturated rings. The topological polar surface area (TPSA) is 57.7 Å². The molecule has 1 saturated heterocycles. The monoisotopic (exact) mass is 386 g/mol. The third-order valence-corrected chi connectivity index (χ3v) is 5.54. The van der Waals surface area contributed by atoms with E-state index in [0.29, 0.717) is 25.8 Å². The van der Waals surface area contributed by atoms with E-state index in [9.17, 15) is 18.8 Å². The molecule has 0 N–H and O–H groups in total. The van der Waals surface area contributed by atoms with E-state index in [0.717, 1.165) is 5.56 Å². The minimum absolute atomic E-state index is 0.148. The smallest absolute Gasteiger partial charge is 0.245 e. The Labute approximate surface area is 165 Å². The minimum Gasteiger partial charge on any atom is -0.340 e. The van der Waals surface area contributed by atoms with Crippen LogP contribution in [0.15, 0.2) is 36.4 Å². The normalized spacial score (nSPS) is 22.5. The van der Waals surface area contributed by atoms with Gasteiger partial charge < -0.3 is 4.90 Å². The zero-order valence-electron chi connectivity index (χ0n) is 16.6. The summed E-state index contributed by atoms with van der Waals surface area (Å²) in [6.45, 7) is 4.23. The van der Waals surface area contributed by atoms with E-state index in [2.05, 4.69) is 0 Å². The van der Waals surface area contributed by atoms with Crippen LogP contribution in [0.1, 0.15) is 38.7 Å². The van der Waals surface area contributed by atoms with Gasteiger partial charge in [-0.3, -0.25) is 19.3 Å². The van der Waals surface area contributed by atoms with E-state index in [1.165, 1.54) is 21.9 Å². The third-order valence-electron chi connectivity index (χ3n) is 5.54. The number of fused-ring (bicyclic) bond motifs is 1. The van der Waals surface area contributed by atoms with E-state index in [-0.39, 0.29) is 41.3 Å². The first-order valence-corrected chi connectivity index (χ1v) is 9.81. The van der Waals surface area contributed by atoms with Gasteiger partial charge in [0, 0.05) is 13.6 Å². The van der Waals surface area contributed by atoms with Crippen molar-refractivity contribution in [3.8, 4) is 0 Å². The summed E-state index contributed by atoms with van der Waals surface area (Å²) < 4.78 is 13.1. The van der Waals surface area contributed by atoms with Crippen molar-refractivity contribution < 1.29 is 18.8 Å². The quantitative estimate of drug-likeness (QED) is 0.557. The highest BCUT2D eigenvalue weighted by Crippen LogP contribution is 2.37. The number of imide groups is 1. The molecule has 0 bridgehead atoms. The van der Waals surface area contributed by atoms with Gasteiger partial charge >= 0.3 is 0 Å². The molecule has 2 aliphatic rings. The number of hydrogen-bond acceptors (Lipinski definition) is 3. The van der Waals surface area contributed by atoms with Gasteiger partial charge in [-0.25, -0.2) is 4.39 Å². The van der Waals surface area contributed by atoms with Crippen LogP contribution in [0.4, 0.5) is 4.39 Å². The van der Waals surface area contributed by atoms with Crippen molar-refractivity contribution in [3.63, 3.8) is 0 Å². The Morgan fingerprint density at radius 2 is 1.64 bits per heavy atom. The van der Waals surface area contributed by atoms with Gasteiger partial charge in [-0.1, -0.05) is 38.1 Å². The molecule has 3 unspecified atom stereocenters. The van der Waals surface area contributed by atoms with Crippen molar-refractivity contribution in [2.75, 3.05) is 7.05 Å². The average molecular weight is 386 g/mol. The van der Waals surface area contributed by atoms with Crippen molar-refractivity contribution in [2.45, 2.75) is 45.7 Å². The maximum absolute atomic E-state index is 13.2. The molecule has 1 heterocycles. The predicted molar refractivity (Wildman–Crippen MR) is 103 cm³/mol. The lowest BCUT2D eigenvalue weighted by Gasteiger charge is -2.31. The van der Waals surface area contributed by atoms with Crippen LogP contribution < -0.4 is 0 Å². The summed E-state index contributed by atoms with van der Waals surface area (Å²) in [5.74, 6) is -1.59. The van der Waals surface area contributed by atoms with Crippen molar-refractivity contribution in [2.24, 2.45) is 17.8 Å². The summed E-state index contributed by atoms with van der Waals surface area (Å²) in [5, 5.41) is 0. The summed E-state index contributed by atoms with van der Waals surface area (Å²) in [7, 11) is 1.65. The second kappa shape index (κ2) is 8.25. The lowest BCUT2D eigenvalue weighted by atomic mass is 9.85. The second-order valence-corrected chi connectivity index (χ2v) is 8.17. The van der Waals surface area contributed by atoms with Crippen molar-refractivity contribution in [1.29, 1.82) is 0 Å². The van der Waals surface area contributed by atoms with E-state index < -0.39 is 6.04 Å². The summed E-state index contributed by atoms with van der Waals surface area (Å²) in [4.78, 5) is 41.9. The molecule has 5 nitrogen and oxygen atoms in total. The van der Waals surface area contributed by atoms with Gasteiger partial charge in [0.05, 0.1) is 11.8 Å². The van der Waals surface area contributed by atoms with E-state index in [1.54, 1.807) is 19.2 Å². The van der Waals surface area contributed by atoms with E-state index in [4.69, 9.17) is 0 Å². The Bertz CT molecular complexity index is 761. The van der Waals surface area contributed by atoms with Gasteiger partial charge in [0.15, 0.2) is 0 Å². The molecule has 1 aromatic rings. The van der Waals surface area contributed by atoms with Gasteiger partial charge in [-0.2, -0.15) is 0 Å². The predicted octanol–water partition coefficient (Wildman–Crippen LogP) is 3.15. The minimum atomic E-state index is -0.795. The van der Waals surface area contributed by atoms with Gasteiger partial charge in [-0.15, -0.1) is 0 Å². The largest absolute Gasteiger partial charge is 0.340 e. The highest BCUT2D eigenvalue weighted by Gasteiger charge is 2.51. The van der Waals surface area contributed by atoms with Crippen molar-refractivity contribution >= 4 is 17.7 Å². The third kappa shape index (κ3) is 4.01. The summed E-state index contributed by atoms with van der Waals surface area (Å²) in [6.07, 6.45) is 5.42. The maximum atomic E-state index is 13.2. The fraction of sp³-hybridized carbons (Fsp3) is 0.500. The molecule has 28 heavy (non-hydrogen) atoms. The first-order valence-electron chi connectivity index (χ1n) is 9.81. The summed E-state index contributed by atoms with van der Waals surface area (Å²) >= 11 is 0. The van der Waals surface area contributed by atoms with Gasteiger partial charge in [0.1, 0.15) is 11.9 Å². The van der Waals surface area contributed by atoms with Crippen LogP contribution in [0, 0.1) is 23.6 Å². The van der Waals surface area contributed by atoms with Crippen LogP contribution in [-0.4, -0.2) is 40.6 Å². The molecule has 0 spiro atoms. The second-order valence-electron chi connectivity index (χ2n) is 8.17. The number of likely N-dealkylation sites (tertiary alicyclic amines) is 1. The zero-order chi connectivity index (χ0) is 20.4. The van der Waals surface area contributed by atoms with Gasteiger partial charge in [0.25, 0.3) is 0 Å². The molecular weight excluding hydrogens is 359 g/mol. The molecule has 1 aromatic carbocycles. The lowest BCUT2D eigenvalue weighted by Crippen LogP contribution is -2.50. The lowest BCUT2D eigenvalue weighted by molar-refractivity contribution is -0.152. The first-order chi connectivity index (χ1) is 13.3. The zero-order valence-corrected chi connectivity index (χ0v) is 16.6. The molecule has 0 radical (unpaired) electrons. The van der Waals surface area contributed by atoms with Crippen LogP contribution in [0.5, 0.6) is 0 Å². The molecular formula is C22H27FN2O3. The number of likely N-dealkylation sites (N-methyl/N-ethyl adjacent to an activating group) is 1. The number of nitrogens with zero attached hydrogens (tertiary/aromatic N) is 2. The molecule has 3 amide bonds. The number of benzene rings is 1. The summed E-state index contributed by atoms with van der Waals surface area (Å²) in [5.41, 5.74) is 0.789. The number of rotatable bonds is 6. The number of amides is 3.